The van der Waals surface area contributed by atoms with Crippen LogP contribution in [0.15, 0.2) is 29.2 Å². The van der Waals surface area contributed by atoms with Crippen LogP contribution in [0.1, 0.15) is 45.6 Å². The van der Waals surface area contributed by atoms with Gasteiger partial charge in [-0.2, -0.15) is 0 Å². The fraction of sp³-hybridized carbons (Fsp3) is 0.625. The first-order valence-electron chi connectivity index (χ1n) is 7.58. The molecule has 0 aliphatic heterocycles. The van der Waals surface area contributed by atoms with E-state index in [2.05, 4.69) is 30.8 Å². The van der Waals surface area contributed by atoms with E-state index in [4.69, 9.17) is 0 Å². The largest absolute Gasteiger partial charge is 0.310 e. The Bertz CT molecular complexity index is 555. The normalized spacial score (nSPS) is 16.1. The molecular weight excluding hydrogens is 284 g/mol. The highest BCUT2D eigenvalue weighted by Crippen LogP contribution is 2.20. The molecule has 21 heavy (non-hydrogen) atoms. The Labute approximate surface area is 128 Å². The van der Waals surface area contributed by atoms with E-state index in [1.807, 2.05) is 12.1 Å². The third-order valence-corrected chi connectivity index (χ3v) is 5.05. The predicted octanol–water partition coefficient (Wildman–Crippen LogP) is 2.65. The van der Waals surface area contributed by atoms with Gasteiger partial charge in [0.25, 0.3) is 0 Å². The molecule has 1 aromatic carbocycles. The summed E-state index contributed by atoms with van der Waals surface area (Å²) in [7, 11) is -3.39. The Balaban J connectivity index is 1.89. The molecule has 1 aliphatic rings. The molecule has 2 N–H and O–H groups in total. The molecule has 0 radical (unpaired) electrons. The minimum Gasteiger partial charge on any atom is -0.310 e. The first-order valence-corrected chi connectivity index (χ1v) is 9.07. The van der Waals surface area contributed by atoms with Gasteiger partial charge in [-0.05, 0) is 42.4 Å². The lowest BCUT2D eigenvalue weighted by Crippen LogP contribution is -2.27. The van der Waals surface area contributed by atoms with Gasteiger partial charge in [0.15, 0.2) is 0 Å². The fourth-order valence-corrected chi connectivity index (χ4v) is 3.01. The summed E-state index contributed by atoms with van der Waals surface area (Å²) in [6, 6.07) is 7.79. The molecule has 4 nitrogen and oxygen atoms in total. The third kappa shape index (κ3) is 5.77. The topological polar surface area (TPSA) is 58.2 Å². The lowest BCUT2D eigenvalue weighted by molar-refractivity contribution is 0.378. The molecule has 0 amide bonds. The van der Waals surface area contributed by atoms with Crippen molar-refractivity contribution in [2.45, 2.75) is 57.5 Å². The van der Waals surface area contributed by atoms with Crippen molar-refractivity contribution in [3.8, 4) is 0 Å². The summed E-state index contributed by atoms with van der Waals surface area (Å²) < 4.78 is 27.0. The Morgan fingerprint density at radius 1 is 1.14 bits per heavy atom. The number of hydrogen-bond acceptors (Lipinski definition) is 3. The molecule has 0 bridgehead atoms. The Hall–Kier alpha value is -0.910. The highest BCUT2D eigenvalue weighted by atomic mass is 32.2. The van der Waals surface area contributed by atoms with Crippen LogP contribution in [0.3, 0.4) is 0 Å². The molecule has 0 heterocycles. The van der Waals surface area contributed by atoms with E-state index in [1.165, 1.54) is 12.8 Å². The summed E-state index contributed by atoms with van der Waals surface area (Å²) in [5, 5.41) is 3.42. The maximum atomic E-state index is 12.2. The zero-order valence-electron chi connectivity index (χ0n) is 13.1. The smallest absolute Gasteiger partial charge is 0.240 e. The second-order valence-corrected chi connectivity index (χ2v) is 8.77. The van der Waals surface area contributed by atoms with Crippen molar-refractivity contribution in [3.63, 3.8) is 0 Å². The number of hydrogen-bond donors (Lipinski definition) is 2. The van der Waals surface area contributed by atoms with Gasteiger partial charge in [-0.25, -0.2) is 13.1 Å². The van der Waals surface area contributed by atoms with E-state index in [-0.39, 0.29) is 5.41 Å². The van der Waals surface area contributed by atoms with Crippen LogP contribution < -0.4 is 10.0 Å². The van der Waals surface area contributed by atoms with Crippen molar-refractivity contribution in [2.24, 2.45) is 5.41 Å². The summed E-state index contributed by atoms with van der Waals surface area (Å²) in [4.78, 5) is 0.339. The van der Waals surface area contributed by atoms with Gasteiger partial charge in [-0.3, -0.25) is 0 Å². The summed E-state index contributed by atoms with van der Waals surface area (Å²) in [6.07, 6.45) is 3.32. The summed E-state index contributed by atoms with van der Waals surface area (Å²) in [6.45, 7) is 7.58. The average molecular weight is 310 g/mol. The monoisotopic (exact) mass is 310 g/mol. The van der Waals surface area contributed by atoms with Gasteiger partial charge >= 0.3 is 0 Å². The first-order chi connectivity index (χ1) is 9.76. The minimum absolute atomic E-state index is 0.126. The van der Waals surface area contributed by atoms with Crippen LogP contribution in [-0.2, 0) is 16.6 Å². The van der Waals surface area contributed by atoms with Crippen molar-refractivity contribution in [1.82, 2.24) is 10.0 Å². The molecule has 1 aliphatic carbocycles. The van der Waals surface area contributed by atoms with Crippen molar-refractivity contribution < 1.29 is 8.42 Å². The zero-order chi connectivity index (χ0) is 15.5. The molecule has 1 aromatic rings. The fourth-order valence-electron chi connectivity index (χ4n) is 1.98. The molecule has 5 heteroatoms. The molecule has 1 fully saturated rings. The molecule has 0 spiro atoms. The molecule has 0 unspecified atom stereocenters. The second kappa shape index (κ2) is 6.46. The number of rotatable bonds is 7. The van der Waals surface area contributed by atoms with Crippen molar-refractivity contribution >= 4 is 10.0 Å². The third-order valence-electron chi connectivity index (χ3n) is 3.57. The lowest BCUT2D eigenvalue weighted by atomic mass is 9.93. The van der Waals surface area contributed by atoms with E-state index in [1.54, 1.807) is 12.1 Å². The van der Waals surface area contributed by atoms with Crippen LogP contribution >= 0.6 is 0 Å². The van der Waals surface area contributed by atoms with Gasteiger partial charge in [0, 0.05) is 19.1 Å². The Morgan fingerprint density at radius 3 is 2.29 bits per heavy atom. The van der Waals surface area contributed by atoms with E-state index in [9.17, 15) is 8.42 Å². The zero-order valence-corrected chi connectivity index (χ0v) is 14.0. The average Bonchev–Trinajstić information content (AvgIpc) is 3.19. The molecule has 0 saturated heterocycles. The maximum Gasteiger partial charge on any atom is 0.240 e. The SMILES string of the molecule is CC(C)(C)CCNS(=O)(=O)c1ccc(CNC2CC2)cc1. The maximum absolute atomic E-state index is 12.2. The van der Waals surface area contributed by atoms with Gasteiger partial charge in [0.1, 0.15) is 0 Å². The summed E-state index contributed by atoms with van der Waals surface area (Å²) in [5.74, 6) is 0. The van der Waals surface area contributed by atoms with Crippen LogP contribution in [0.5, 0.6) is 0 Å². The van der Waals surface area contributed by atoms with Gasteiger partial charge in [0.2, 0.25) is 10.0 Å². The van der Waals surface area contributed by atoms with E-state index >= 15 is 0 Å². The summed E-state index contributed by atoms with van der Waals surface area (Å²) >= 11 is 0. The van der Waals surface area contributed by atoms with Crippen LogP contribution in [0.4, 0.5) is 0 Å². The standard InChI is InChI=1S/C16H26N2O2S/c1-16(2,3)10-11-18-21(19,20)15-8-4-13(5-9-15)12-17-14-6-7-14/h4-5,8-9,14,17-18H,6-7,10-12H2,1-3H3. The predicted molar refractivity (Wildman–Crippen MR) is 85.6 cm³/mol. The highest BCUT2D eigenvalue weighted by Gasteiger charge is 2.20. The molecule has 118 valence electrons. The molecular formula is C16H26N2O2S. The molecule has 2 rings (SSSR count). The van der Waals surface area contributed by atoms with Crippen LogP contribution in [0, 0.1) is 5.41 Å². The molecule has 0 aromatic heterocycles. The minimum atomic E-state index is -3.39. The highest BCUT2D eigenvalue weighted by molar-refractivity contribution is 7.89. The van der Waals surface area contributed by atoms with Crippen LogP contribution in [0.2, 0.25) is 0 Å². The Kier molecular flexibility index (Phi) is 5.07. The summed E-state index contributed by atoms with van der Waals surface area (Å²) in [5.41, 5.74) is 1.25. The molecule has 0 atom stereocenters. The number of sulfonamides is 1. The lowest BCUT2D eigenvalue weighted by Gasteiger charge is -2.18. The van der Waals surface area contributed by atoms with E-state index < -0.39 is 10.0 Å². The van der Waals surface area contributed by atoms with Gasteiger partial charge in [-0.15, -0.1) is 0 Å². The molecule has 1 saturated carbocycles. The first kappa shape index (κ1) is 16.5. The van der Waals surface area contributed by atoms with E-state index in [0.717, 1.165) is 18.5 Å². The van der Waals surface area contributed by atoms with Gasteiger partial charge in [-0.1, -0.05) is 32.9 Å². The van der Waals surface area contributed by atoms with Crippen molar-refractivity contribution in [3.05, 3.63) is 29.8 Å². The quantitative estimate of drug-likeness (QED) is 0.814. The van der Waals surface area contributed by atoms with Gasteiger partial charge < -0.3 is 5.32 Å². The van der Waals surface area contributed by atoms with Crippen LogP contribution in [-0.4, -0.2) is 21.0 Å². The van der Waals surface area contributed by atoms with Crippen molar-refractivity contribution in [1.29, 1.82) is 0 Å². The van der Waals surface area contributed by atoms with E-state index in [0.29, 0.717) is 17.5 Å². The van der Waals surface area contributed by atoms with Crippen molar-refractivity contribution in [2.75, 3.05) is 6.54 Å². The second-order valence-electron chi connectivity index (χ2n) is 7.01. The van der Waals surface area contributed by atoms with Crippen LogP contribution in [0.25, 0.3) is 0 Å². The van der Waals surface area contributed by atoms with Gasteiger partial charge in [0.05, 0.1) is 4.90 Å². The number of nitrogens with one attached hydrogen (secondary N) is 2. The Morgan fingerprint density at radius 2 is 1.76 bits per heavy atom. The number of benzene rings is 1.